The number of thiazole rings is 1. The Kier molecular flexibility index (Phi) is 3.62. The molecule has 2 aromatic heterocycles. The standard InChI is InChI=1S/C23H26N2O2S/c1-26-17-3-4-18(20(8-17)27-2)19-13-28-22-24-21(12-25(19)22)23-9-14-5-15(10-23)7-16(6-14)11-23/h3-4,8,12-16H,5-7,9-11H2,1-2H3. The first-order valence-corrected chi connectivity index (χ1v) is 11.2. The molecule has 0 amide bonds. The van der Waals surface area contributed by atoms with Crippen LogP contribution in [0.4, 0.5) is 0 Å². The minimum atomic E-state index is 0.335. The maximum Gasteiger partial charge on any atom is 0.194 e. The molecular formula is C23H26N2O2S. The van der Waals surface area contributed by atoms with Gasteiger partial charge in [-0.05, 0) is 68.4 Å². The van der Waals surface area contributed by atoms with E-state index in [0.717, 1.165) is 45.5 Å². The molecule has 4 aliphatic carbocycles. The van der Waals surface area contributed by atoms with E-state index in [1.165, 1.54) is 44.2 Å². The molecule has 5 heteroatoms. The van der Waals surface area contributed by atoms with Gasteiger partial charge in [0.2, 0.25) is 0 Å². The number of benzene rings is 1. The lowest BCUT2D eigenvalue weighted by Gasteiger charge is -2.56. The van der Waals surface area contributed by atoms with Crippen LogP contribution in [0.3, 0.4) is 0 Å². The van der Waals surface area contributed by atoms with Crippen LogP contribution in [0.1, 0.15) is 44.2 Å². The van der Waals surface area contributed by atoms with Gasteiger partial charge in [-0.1, -0.05) is 0 Å². The molecule has 7 rings (SSSR count). The molecule has 4 saturated carbocycles. The molecule has 0 unspecified atom stereocenters. The lowest BCUT2D eigenvalue weighted by molar-refractivity contribution is -0.00696. The maximum atomic E-state index is 5.66. The van der Waals surface area contributed by atoms with E-state index in [1.54, 1.807) is 25.6 Å². The second-order valence-corrected chi connectivity index (χ2v) is 10.0. The second-order valence-electron chi connectivity index (χ2n) is 9.16. The summed E-state index contributed by atoms with van der Waals surface area (Å²) in [5.74, 6) is 4.46. The molecule has 0 N–H and O–H groups in total. The molecule has 0 radical (unpaired) electrons. The van der Waals surface area contributed by atoms with Crippen molar-refractivity contribution in [2.24, 2.45) is 17.8 Å². The Balaban J connectivity index is 1.44. The van der Waals surface area contributed by atoms with Gasteiger partial charge in [0.25, 0.3) is 0 Å². The molecular weight excluding hydrogens is 368 g/mol. The Labute approximate surface area is 169 Å². The monoisotopic (exact) mass is 394 g/mol. The van der Waals surface area contributed by atoms with E-state index in [-0.39, 0.29) is 0 Å². The molecule has 4 fully saturated rings. The molecule has 4 nitrogen and oxygen atoms in total. The van der Waals surface area contributed by atoms with E-state index < -0.39 is 0 Å². The number of hydrogen-bond donors (Lipinski definition) is 0. The third-order valence-electron chi connectivity index (χ3n) is 7.48. The van der Waals surface area contributed by atoms with Crippen LogP contribution in [-0.4, -0.2) is 23.6 Å². The maximum absolute atomic E-state index is 5.66. The second kappa shape index (κ2) is 5.99. The molecule has 146 valence electrons. The molecule has 2 heterocycles. The number of nitrogens with zero attached hydrogens (tertiary/aromatic N) is 2. The molecule has 4 bridgehead atoms. The molecule has 0 aliphatic heterocycles. The number of ether oxygens (including phenoxy) is 2. The normalized spacial score (nSPS) is 30.9. The van der Waals surface area contributed by atoms with Crippen LogP contribution in [0.15, 0.2) is 29.8 Å². The summed E-state index contributed by atoms with van der Waals surface area (Å²) in [6.45, 7) is 0. The Morgan fingerprint density at radius 2 is 1.75 bits per heavy atom. The molecule has 0 saturated heterocycles. The first-order valence-electron chi connectivity index (χ1n) is 10.4. The molecule has 0 spiro atoms. The van der Waals surface area contributed by atoms with Crippen molar-refractivity contribution in [2.75, 3.05) is 14.2 Å². The summed E-state index contributed by atoms with van der Waals surface area (Å²) in [4.78, 5) is 6.25. The summed E-state index contributed by atoms with van der Waals surface area (Å²) >= 11 is 1.73. The average molecular weight is 395 g/mol. The van der Waals surface area contributed by atoms with Gasteiger partial charge >= 0.3 is 0 Å². The molecule has 1 aromatic carbocycles. The molecule has 0 atom stereocenters. The van der Waals surface area contributed by atoms with Gasteiger partial charge in [-0.15, -0.1) is 11.3 Å². The molecule has 28 heavy (non-hydrogen) atoms. The van der Waals surface area contributed by atoms with Crippen molar-refractivity contribution in [3.05, 3.63) is 35.5 Å². The van der Waals surface area contributed by atoms with Crippen LogP contribution in [0.5, 0.6) is 11.5 Å². The van der Waals surface area contributed by atoms with Crippen molar-refractivity contribution in [2.45, 2.75) is 43.9 Å². The smallest absolute Gasteiger partial charge is 0.194 e. The Bertz CT molecular complexity index is 1010. The Morgan fingerprint density at radius 3 is 2.39 bits per heavy atom. The minimum absolute atomic E-state index is 0.335. The van der Waals surface area contributed by atoms with Crippen LogP contribution >= 0.6 is 11.3 Å². The van der Waals surface area contributed by atoms with Crippen molar-refractivity contribution in [1.82, 2.24) is 9.38 Å². The van der Waals surface area contributed by atoms with E-state index in [0.29, 0.717) is 5.41 Å². The lowest BCUT2D eigenvalue weighted by atomic mass is 9.49. The zero-order valence-corrected chi connectivity index (χ0v) is 17.3. The van der Waals surface area contributed by atoms with Crippen LogP contribution < -0.4 is 9.47 Å². The highest BCUT2D eigenvalue weighted by Crippen LogP contribution is 2.60. The predicted octanol–water partition coefficient (Wildman–Crippen LogP) is 5.55. The van der Waals surface area contributed by atoms with E-state index >= 15 is 0 Å². The first kappa shape index (κ1) is 16.9. The third kappa shape index (κ3) is 2.38. The van der Waals surface area contributed by atoms with Gasteiger partial charge in [0.05, 0.1) is 25.6 Å². The summed E-state index contributed by atoms with van der Waals surface area (Å²) in [6, 6.07) is 6.04. The zero-order chi connectivity index (χ0) is 18.9. The molecule has 3 aromatic rings. The van der Waals surface area contributed by atoms with Gasteiger partial charge in [-0.2, -0.15) is 0 Å². The third-order valence-corrected chi connectivity index (χ3v) is 8.32. The number of aromatic nitrogens is 2. The predicted molar refractivity (Wildman–Crippen MR) is 111 cm³/mol. The number of fused-ring (bicyclic) bond motifs is 1. The number of rotatable bonds is 4. The Morgan fingerprint density at radius 1 is 1.04 bits per heavy atom. The highest BCUT2D eigenvalue weighted by atomic mass is 32.1. The fraction of sp³-hybridized carbons (Fsp3) is 0.522. The van der Waals surface area contributed by atoms with Crippen LogP contribution in [0.25, 0.3) is 16.2 Å². The van der Waals surface area contributed by atoms with E-state index in [9.17, 15) is 0 Å². The van der Waals surface area contributed by atoms with Gasteiger partial charge in [0.1, 0.15) is 11.5 Å². The van der Waals surface area contributed by atoms with Gasteiger partial charge in [0.15, 0.2) is 4.96 Å². The van der Waals surface area contributed by atoms with Gasteiger partial charge < -0.3 is 9.47 Å². The van der Waals surface area contributed by atoms with Crippen molar-refractivity contribution in [1.29, 1.82) is 0 Å². The van der Waals surface area contributed by atoms with E-state index in [1.807, 2.05) is 12.1 Å². The SMILES string of the molecule is COc1ccc(-c2csc3nc(C45CC6CC(CC(C6)C4)C5)cn23)c(OC)c1. The largest absolute Gasteiger partial charge is 0.497 e. The minimum Gasteiger partial charge on any atom is -0.497 e. The fourth-order valence-electron chi connectivity index (χ4n) is 6.67. The van der Waals surface area contributed by atoms with Crippen molar-refractivity contribution in [3.8, 4) is 22.8 Å². The van der Waals surface area contributed by atoms with Crippen molar-refractivity contribution in [3.63, 3.8) is 0 Å². The summed E-state index contributed by atoms with van der Waals surface area (Å²) in [5, 5.41) is 2.19. The summed E-state index contributed by atoms with van der Waals surface area (Å²) in [7, 11) is 3.40. The number of methoxy groups -OCH3 is 2. The lowest BCUT2D eigenvalue weighted by Crippen LogP contribution is -2.48. The summed E-state index contributed by atoms with van der Waals surface area (Å²) < 4.78 is 13.3. The van der Waals surface area contributed by atoms with E-state index in [2.05, 4.69) is 22.0 Å². The quantitative estimate of drug-likeness (QED) is 0.582. The topological polar surface area (TPSA) is 35.8 Å². The Hall–Kier alpha value is -2.01. The summed E-state index contributed by atoms with van der Waals surface area (Å²) in [5.41, 5.74) is 3.92. The number of hydrogen-bond acceptors (Lipinski definition) is 4. The summed E-state index contributed by atoms with van der Waals surface area (Å²) in [6.07, 6.45) is 10.8. The van der Waals surface area contributed by atoms with Gasteiger partial charge in [-0.25, -0.2) is 4.98 Å². The fourth-order valence-corrected chi connectivity index (χ4v) is 7.54. The molecule has 4 aliphatic rings. The van der Waals surface area contributed by atoms with Crippen LogP contribution in [-0.2, 0) is 5.41 Å². The highest BCUT2D eigenvalue weighted by Gasteiger charge is 2.52. The zero-order valence-electron chi connectivity index (χ0n) is 16.5. The van der Waals surface area contributed by atoms with Crippen molar-refractivity contribution >= 4 is 16.3 Å². The van der Waals surface area contributed by atoms with Crippen LogP contribution in [0.2, 0.25) is 0 Å². The van der Waals surface area contributed by atoms with Crippen molar-refractivity contribution < 1.29 is 9.47 Å². The number of imidazole rings is 1. The van der Waals surface area contributed by atoms with Gasteiger partial charge in [0, 0.05) is 28.6 Å². The first-order chi connectivity index (χ1) is 13.7. The van der Waals surface area contributed by atoms with Crippen LogP contribution in [0, 0.1) is 17.8 Å². The highest BCUT2D eigenvalue weighted by molar-refractivity contribution is 7.15. The van der Waals surface area contributed by atoms with E-state index in [4.69, 9.17) is 14.5 Å². The van der Waals surface area contributed by atoms with Gasteiger partial charge in [-0.3, -0.25) is 4.40 Å². The average Bonchev–Trinajstić information content (AvgIpc) is 3.28.